The smallest absolute Gasteiger partial charge is 0.305 e. The van der Waals surface area contributed by atoms with E-state index < -0.39 is 19.8 Å². The monoisotopic (exact) mass is 296 g/mol. The lowest BCUT2D eigenvalue weighted by Gasteiger charge is -2.31. The lowest BCUT2D eigenvalue weighted by Crippen LogP contribution is -2.44. The van der Waals surface area contributed by atoms with Gasteiger partial charge in [0.1, 0.15) is 27.9 Å². The van der Waals surface area contributed by atoms with Gasteiger partial charge in [0.2, 0.25) is 0 Å². The fraction of sp³-hybridized carbons (Fsp3) is 0.571. The molecule has 0 N–H and O–H groups in total. The van der Waals surface area contributed by atoms with E-state index in [0.29, 0.717) is 0 Å². The Bertz CT molecular complexity index is 466. The molecule has 110 valence electrons. The lowest BCUT2D eigenvalue weighted by atomic mass is 10.2. The van der Waals surface area contributed by atoms with Crippen LogP contribution in [0.3, 0.4) is 0 Å². The Labute approximate surface area is 120 Å². The Morgan fingerprint density at radius 1 is 1.50 bits per heavy atom. The Morgan fingerprint density at radius 2 is 2.20 bits per heavy atom. The molecule has 1 atom stereocenters. The number of carbonyl (C=O) groups is 2. The van der Waals surface area contributed by atoms with Crippen molar-refractivity contribution in [1.29, 1.82) is 0 Å². The fourth-order valence-electron chi connectivity index (χ4n) is 1.48. The van der Waals surface area contributed by atoms with Gasteiger partial charge < -0.3 is 14.2 Å². The predicted molar refractivity (Wildman–Crippen MR) is 76.5 cm³/mol. The normalized spacial score (nSPS) is 22.1. The third kappa shape index (κ3) is 6.15. The van der Waals surface area contributed by atoms with E-state index in [1.165, 1.54) is 19.1 Å². The summed E-state index contributed by atoms with van der Waals surface area (Å²) in [5.41, 5.74) is 3.16. The molecule has 0 aliphatic carbocycles. The molecule has 0 saturated heterocycles. The second kappa shape index (κ2) is 6.84. The van der Waals surface area contributed by atoms with Crippen molar-refractivity contribution in [1.82, 2.24) is 0 Å². The van der Waals surface area contributed by atoms with Gasteiger partial charge in [0.25, 0.3) is 5.79 Å². The van der Waals surface area contributed by atoms with Crippen LogP contribution in [-0.2, 0) is 23.8 Å². The summed E-state index contributed by atoms with van der Waals surface area (Å²) in [5, 5.41) is 0. The van der Waals surface area contributed by atoms with Gasteiger partial charge in [0, 0.05) is 6.92 Å². The van der Waals surface area contributed by atoms with Gasteiger partial charge in [-0.15, -0.1) is 5.54 Å². The van der Waals surface area contributed by atoms with Gasteiger partial charge in [-0.2, -0.15) is 0 Å². The van der Waals surface area contributed by atoms with Gasteiger partial charge >= 0.3 is 5.97 Å². The maximum Gasteiger partial charge on any atom is 0.305 e. The molecule has 0 fully saturated rings. The number of ether oxygens (including phenoxy) is 3. The molecule has 0 aromatic heterocycles. The van der Waals surface area contributed by atoms with Crippen molar-refractivity contribution >= 4 is 19.8 Å². The summed E-state index contributed by atoms with van der Waals surface area (Å²) in [6, 6.07) is 0. The summed E-state index contributed by atoms with van der Waals surface area (Å²) in [7, 11) is -1.42. The minimum Gasteiger partial charge on any atom is -0.427 e. The summed E-state index contributed by atoms with van der Waals surface area (Å²) in [5.74, 6) is 0.954. The highest BCUT2D eigenvalue weighted by atomic mass is 28.3. The Morgan fingerprint density at radius 3 is 2.70 bits per heavy atom. The lowest BCUT2D eigenvalue weighted by molar-refractivity contribution is -0.226. The molecular formula is C14H20O5Si. The average Bonchev–Trinajstić information content (AvgIpc) is 2.30. The topological polar surface area (TPSA) is 61.8 Å². The van der Waals surface area contributed by atoms with Crippen molar-refractivity contribution in [2.45, 2.75) is 32.4 Å². The minimum atomic E-state index is -1.42. The van der Waals surface area contributed by atoms with Crippen molar-refractivity contribution in [2.75, 3.05) is 19.8 Å². The van der Waals surface area contributed by atoms with E-state index in [1.54, 1.807) is 0 Å². The number of carbonyl (C=O) groups excluding carboxylic acids is 2. The summed E-state index contributed by atoms with van der Waals surface area (Å²) in [4.78, 5) is 22.2. The Hall–Kier alpha value is -1.42. The van der Waals surface area contributed by atoms with Gasteiger partial charge in [0.15, 0.2) is 5.78 Å². The SMILES string of the molecule is CC(=O)OC1(COCC#C[Si](C)(C)C)C=CC(=O)CO1. The Kier molecular flexibility index (Phi) is 5.69. The third-order valence-electron chi connectivity index (χ3n) is 2.24. The van der Waals surface area contributed by atoms with Crippen LogP contribution < -0.4 is 0 Å². The van der Waals surface area contributed by atoms with Crippen molar-refractivity contribution in [3.63, 3.8) is 0 Å². The van der Waals surface area contributed by atoms with E-state index in [9.17, 15) is 9.59 Å². The van der Waals surface area contributed by atoms with Crippen LogP contribution >= 0.6 is 0 Å². The van der Waals surface area contributed by atoms with Crippen LogP contribution in [0, 0.1) is 11.5 Å². The second-order valence-electron chi connectivity index (χ2n) is 5.54. The molecule has 1 aliphatic heterocycles. The van der Waals surface area contributed by atoms with Crippen molar-refractivity contribution in [2.24, 2.45) is 0 Å². The quantitative estimate of drug-likeness (QED) is 0.339. The van der Waals surface area contributed by atoms with Crippen LogP contribution in [0.15, 0.2) is 12.2 Å². The highest BCUT2D eigenvalue weighted by Gasteiger charge is 2.35. The molecule has 0 spiro atoms. The van der Waals surface area contributed by atoms with Crippen LogP contribution in [0.25, 0.3) is 0 Å². The first kappa shape index (κ1) is 16.6. The van der Waals surface area contributed by atoms with Crippen LogP contribution in [-0.4, -0.2) is 45.4 Å². The van der Waals surface area contributed by atoms with E-state index in [-0.39, 0.29) is 25.6 Å². The molecule has 0 radical (unpaired) electrons. The molecule has 5 nitrogen and oxygen atoms in total. The van der Waals surface area contributed by atoms with Crippen molar-refractivity contribution in [3.05, 3.63) is 12.2 Å². The molecule has 1 heterocycles. The fourth-order valence-corrected chi connectivity index (χ4v) is 2.08. The van der Waals surface area contributed by atoms with Crippen LogP contribution in [0.1, 0.15) is 6.92 Å². The standard InChI is InChI=1S/C14H20O5Si/c1-12(15)19-14(7-6-13(16)10-18-14)11-17-8-5-9-20(2,3)4/h6-7H,8,10-11H2,1-4H3. The zero-order valence-corrected chi connectivity index (χ0v) is 13.3. The van der Waals surface area contributed by atoms with Gasteiger partial charge in [0.05, 0.1) is 0 Å². The Balaban J connectivity index is 2.58. The molecule has 0 saturated carbocycles. The van der Waals surface area contributed by atoms with Gasteiger partial charge in [-0.3, -0.25) is 9.59 Å². The van der Waals surface area contributed by atoms with Crippen LogP contribution in [0.5, 0.6) is 0 Å². The van der Waals surface area contributed by atoms with Gasteiger partial charge in [-0.25, -0.2) is 0 Å². The number of ketones is 1. The van der Waals surface area contributed by atoms with Crippen molar-refractivity contribution in [3.8, 4) is 11.5 Å². The van der Waals surface area contributed by atoms with Crippen molar-refractivity contribution < 1.29 is 23.8 Å². The van der Waals surface area contributed by atoms with Crippen LogP contribution in [0.4, 0.5) is 0 Å². The molecule has 1 rings (SSSR count). The highest BCUT2D eigenvalue weighted by molar-refractivity contribution is 6.83. The largest absolute Gasteiger partial charge is 0.427 e. The molecule has 6 heteroatoms. The molecule has 0 aromatic carbocycles. The number of esters is 1. The van der Waals surface area contributed by atoms with E-state index in [0.717, 1.165) is 0 Å². The predicted octanol–water partition coefficient (Wildman–Crippen LogP) is 1.30. The summed E-state index contributed by atoms with van der Waals surface area (Å²) < 4.78 is 15.8. The van der Waals surface area contributed by atoms with E-state index in [1.807, 2.05) is 0 Å². The highest BCUT2D eigenvalue weighted by Crippen LogP contribution is 2.20. The number of rotatable bonds is 4. The van der Waals surface area contributed by atoms with Gasteiger partial charge in [-0.1, -0.05) is 25.6 Å². The molecule has 1 aliphatic rings. The number of hydrogen-bond donors (Lipinski definition) is 0. The van der Waals surface area contributed by atoms with Crippen LogP contribution in [0.2, 0.25) is 19.6 Å². The molecule has 0 bridgehead atoms. The first-order valence-electron chi connectivity index (χ1n) is 6.36. The van der Waals surface area contributed by atoms with E-state index >= 15 is 0 Å². The number of hydrogen-bond acceptors (Lipinski definition) is 5. The first-order valence-corrected chi connectivity index (χ1v) is 9.86. The molecule has 0 amide bonds. The summed E-state index contributed by atoms with van der Waals surface area (Å²) >= 11 is 0. The maximum atomic E-state index is 11.1. The molecule has 1 unspecified atom stereocenters. The molecule has 20 heavy (non-hydrogen) atoms. The second-order valence-corrected chi connectivity index (χ2v) is 10.3. The third-order valence-corrected chi connectivity index (χ3v) is 3.17. The van der Waals surface area contributed by atoms with E-state index in [2.05, 4.69) is 31.1 Å². The average molecular weight is 296 g/mol. The zero-order valence-electron chi connectivity index (χ0n) is 12.3. The minimum absolute atomic E-state index is 0.0107. The van der Waals surface area contributed by atoms with E-state index in [4.69, 9.17) is 14.2 Å². The summed E-state index contributed by atoms with van der Waals surface area (Å²) in [6.45, 7) is 7.81. The maximum absolute atomic E-state index is 11.1. The van der Waals surface area contributed by atoms with Gasteiger partial charge in [-0.05, 0) is 12.2 Å². The summed E-state index contributed by atoms with van der Waals surface area (Å²) in [6.07, 6.45) is 2.75. The molecular weight excluding hydrogens is 276 g/mol. The molecule has 0 aromatic rings. The first-order chi connectivity index (χ1) is 9.22. The zero-order chi connectivity index (χ0) is 15.2.